The third-order valence-corrected chi connectivity index (χ3v) is 6.59. The molecule has 0 fully saturated rings. The number of ether oxygens (including phenoxy) is 1. The summed E-state index contributed by atoms with van der Waals surface area (Å²) in [4.78, 5) is 21.3. The molecule has 5 aromatic rings. The summed E-state index contributed by atoms with van der Waals surface area (Å²) < 4.78 is 5.92. The Labute approximate surface area is 216 Å². The number of fused-ring (bicyclic) bond motifs is 3. The Morgan fingerprint density at radius 1 is 0.730 bits per heavy atom. The van der Waals surface area contributed by atoms with Crippen molar-refractivity contribution < 1.29 is 14.6 Å². The lowest BCUT2D eigenvalue weighted by molar-refractivity contribution is 0.0697. The van der Waals surface area contributed by atoms with Crippen LogP contribution in [0.3, 0.4) is 0 Å². The number of pyridine rings is 2. The molecule has 0 spiro atoms. The molecule has 0 amide bonds. The van der Waals surface area contributed by atoms with Crippen LogP contribution in [-0.4, -0.2) is 27.7 Å². The summed E-state index contributed by atoms with van der Waals surface area (Å²) in [7, 11) is 0. The van der Waals surface area contributed by atoms with Crippen LogP contribution in [0.2, 0.25) is 0 Å². The summed E-state index contributed by atoms with van der Waals surface area (Å²) in [5.74, 6) is -0.0804. The van der Waals surface area contributed by atoms with Gasteiger partial charge in [0.05, 0.1) is 34.6 Å². The fraction of sp³-hybridized carbons (Fsp3) is 0.219. The smallest absolute Gasteiger partial charge is 0.335 e. The number of aromatic carboxylic acids is 1. The minimum Gasteiger partial charge on any atom is -0.494 e. The van der Waals surface area contributed by atoms with E-state index in [0.717, 1.165) is 57.4 Å². The van der Waals surface area contributed by atoms with E-state index in [9.17, 15) is 9.90 Å². The molecule has 0 bridgehead atoms. The van der Waals surface area contributed by atoms with Crippen molar-refractivity contribution in [3.05, 3.63) is 90.5 Å². The highest BCUT2D eigenvalue weighted by molar-refractivity contribution is 6.04. The number of carbonyl (C=O) groups is 1. The maximum absolute atomic E-state index is 11.4. The average Bonchev–Trinajstić information content (AvgIpc) is 2.94. The van der Waals surface area contributed by atoms with Gasteiger partial charge in [0, 0.05) is 21.9 Å². The number of carboxylic acids is 1. The maximum atomic E-state index is 11.4. The first-order chi connectivity index (χ1) is 18.1. The molecule has 186 valence electrons. The Morgan fingerprint density at radius 2 is 1.35 bits per heavy atom. The average molecular weight is 491 g/mol. The van der Waals surface area contributed by atoms with Crippen molar-refractivity contribution in [2.75, 3.05) is 6.61 Å². The van der Waals surface area contributed by atoms with Crippen LogP contribution in [0.1, 0.15) is 49.4 Å². The van der Waals surface area contributed by atoms with Crippen LogP contribution in [0.15, 0.2) is 84.9 Å². The first kappa shape index (κ1) is 24.4. The molecule has 3 aromatic carbocycles. The maximum Gasteiger partial charge on any atom is 0.335 e. The van der Waals surface area contributed by atoms with Gasteiger partial charge in [0.1, 0.15) is 5.75 Å². The lowest BCUT2D eigenvalue weighted by Gasteiger charge is -2.09. The Bertz CT molecular complexity index is 1540. The van der Waals surface area contributed by atoms with Crippen LogP contribution in [0.5, 0.6) is 5.75 Å². The first-order valence-corrected chi connectivity index (χ1v) is 12.9. The topological polar surface area (TPSA) is 72.3 Å². The number of benzene rings is 3. The molecule has 2 aromatic heterocycles. The van der Waals surface area contributed by atoms with Crippen LogP contribution in [0, 0.1) is 0 Å². The van der Waals surface area contributed by atoms with Crippen molar-refractivity contribution in [2.45, 2.75) is 39.0 Å². The summed E-state index contributed by atoms with van der Waals surface area (Å²) in [5, 5.41) is 11.4. The summed E-state index contributed by atoms with van der Waals surface area (Å²) in [6.07, 6.45) is 6.10. The zero-order valence-electron chi connectivity index (χ0n) is 21.0. The number of hydrogen-bond acceptors (Lipinski definition) is 4. The monoisotopic (exact) mass is 490 g/mol. The molecule has 0 saturated carbocycles. The Kier molecular flexibility index (Phi) is 7.41. The van der Waals surface area contributed by atoms with E-state index >= 15 is 0 Å². The van der Waals surface area contributed by atoms with E-state index in [0.29, 0.717) is 5.69 Å². The van der Waals surface area contributed by atoms with Gasteiger partial charge in [-0.1, -0.05) is 69.0 Å². The zero-order chi connectivity index (χ0) is 25.6. The van der Waals surface area contributed by atoms with Crippen molar-refractivity contribution in [2.24, 2.45) is 0 Å². The number of rotatable bonds is 10. The van der Waals surface area contributed by atoms with E-state index in [1.165, 1.54) is 25.7 Å². The molecule has 0 aliphatic carbocycles. The number of nitrogens with zero attached hydrogens (tertiary/aromatic N) is 2. The van der Waals surface area contributed by atoms with Gasteiger partial charge in [0.2, 0.25) is 0 Å². The fourth-order valence-corrected chi connectivity index (χ4v) is 4.52. The Hall–Kier alpha value is -4.25. The van der Waals surface area contributed by atoms with Gasteiger partial charge in [-0.15, -0.1) is 0 Å². The Morgan fingerprint density at radius 3 is 2.00 bits per heavy atom. The van der Waals surface area contributed by atoms with Gasteiger partial charge >= 0.3 is 5.97 Å². The molecule has 2 heterocycles. The van der Waals surface area contributed by atoms with E-state index in [1.807, 2.05) is 54.6 Å². The lowest BCUT2D eigenvalue weighted by Crippen LogP contribution is -1.97. The highest BCUT2D eigenvalue weighted by atomic mass is 16.5. The molecule has 0 saturated heterocycles. The van der Waals surface area contributed by atoms with Gasteiger partial charge in [-0.25, -0.2) is 14.8 Å². The van der Waals surface area contributed by atoms with Crippen LogP contribution in [0.4, 0.5) is 0 Å². The molecule has 5 nitrogen and oxygen atoms in total. The van der Waals surface area contributed by atoms with Gasteiger partial charge in [-0.3, -0.25) is 0 Å². The highest BCUT2D eigenvalue weighted by Crippen LogP contribution is 2.29. The Balaban J connectivity index is 1.42. The second kappa shape index (κ2) is 11.2. The molecule has 0 aliphatic rings. The molecular weight excluding hydrogens is 460 g/mol. The van der Waals surface area contributed by atoms with Crippen molar-refractivity contribution in [1.29, 1.82) is 0 Å². The normalized spacial score (nSPS) is 11.2. The largest absolute Gasteiger partial charge is 0.494 e. The highest BCUT2D eigenvalue weighted by Gasteiger charge is 2.10. The zero-order valence-corrected chi connectivity index (χ0v) is 21.0. The number of hydrogen-bond donors (Lipinski definition) is 1. The van der Waals surface area contributed by atoms with E-state index in [-0.39, 0.29) is 5.56 Å². The molecule has 5 heteroatoms. The van der Waals surface area contributed by atoms with Crippen molar-refractivity contribution in [1.82, 2.24) is 9.97 Å². The van der Waals surface area contributed by atoms with Crippen molar-refractivity contribution in [3.8, 4) is 28.3 Å². The molecule has 0 aliphatic heterocycles. The second-order valence-corrected chi connectivity index (χ2v) is 9.27. The predicted octanol–water partition coefficient (Wildman–Crippen LogP) is 8.16. The molecule has 0 unspecified atom stereocenters. The van der Waals surface area contributed by atoms with E-state index in [2.05, 4.69) is 19.1 Å². The van der Waals surface area contributed by atoms with Gasteiger partial charge in [-0.05, 0) is 55.0 Å². The molecule has 5 rings (SSSR count). The van der Waals surface area contributed by atoms with Crippen molar-refractivity contribution >= 4 is 27.8 Å². The minimum absolute atomic E-state index is 0.238. The standard InChI is InChI=1S/C32H30N2O3/c1-2-3-4-5-6-20-37-27-16-12-22(13-17-27)28-18-14-23-10-11-24-15-19-29(34-31(24)30(23)33-28)25-8-7-9-26(21-25)32(35)36/h7-19,21H,2-6,20H2,1H3,(H,35,36). The van der Waals surface area contributed by atoms with Gasteiger partial charge < -0.3 is 9.84 Å². The third kappa shape index (κ3) is 5.61. The van der Waals surface area contributed by atoms with Crippen LogP contribution in [-0.2, 0) is 0 Å². The summed E-state index contributed by atoms with van der Waals surface area (Å²) in [5.41, 5.74) is 5.20. The summed E-state index contributed by atoms with van der Waals surface area (Å²) >= 11 is 0. The van der Waals surface area contributed by atoms with E-state index in [4.69, 9.17) is 14.7 Å². The van der Waals surface area contributed by atoms with Crippen LogP contribution in [0.25, 0.3) is 44.3 Å². The number of carboxylic acid groups (broad SMARTS) is 1. The summed E-state index contributed by atoms with van der Waals surface area (Å²) in [6.45, 7) is 2.97. The second-order valence-electron chi connectivity index (χ2n) is 9.27. The van der Waals surface area contributed by atoms with E-state index in [1.54, 1.807) is 18.2 Å². The molecule has 37 heavy (non-hydrogen) atoms. The lowest BCUT2D eigenvalue weighted by atomic mass is 10.0. The third-order valence-electron chi connectivity index (χ3n) is 6.59. The SMILES string of the molecule is CCCCCCCOc1ccc(-c2ccc3ccc4ccc(-c5cccc(C(=O)O)c5)nc4c3n2)cc1. The first-order valence-electron chi connectivity index (χ1n) is 12.9. The molecule has 0 radical (unpaired) electrons. The molecule has 1 N–H and O–H groups in total. The number of aromatic nitrogens is 2. The number of unbranched alkanes of at least 4 members (excludes halogenated alkanes) is 4. The quantitative estimate of drug-likeness (QED) is 0.158. The fourth-order valence-electron chi connectivity index (χ4n) is 4.52. The van der Waals surface area contributed by atoms with Gasteiger partial charge in [0.25, 0.3) is 0 Å². The van der Waals surface area contributed by atoms with Gasteiger partial charge in [-0.2, -0.15) is 0 Å². The van der Waals surface area contributed by atoms with E-state index < -0.39 is 5.97 Å². The molecule has 0 atom stereocenters. The minimum atomic E-state index is -0.956. The molecular formula is C32H30N2O3. The van der Waals surface area contributed by atoms with Gasteiger partial charge in [0.15, 0.2) is 0 Å². The van der Waals surface area contributed by atoms with Crippen molar-refractivity contribution in [3.63, 3.8) is 0 Å². The van der Waals surface area contributed by atoms with Crippen LogP contribution < -0.4 is 4.74 Å². The summed E-state index contributed by atoms with van der Waals surface area (Å²) in [6, 6.07) is 27.0. The predicted molar refractivity (Wildman–Crippen MR) is 149 cm³/mol. The van der Waals surface area contributed by atoms with Crippen LogP contribution >= 0.6 is 0 Å².